The fourth-order valence-electron chi connectivity index (χ4n) is 4.51. The largest absolute Gasteiger partial charge is 0.310 e. The van der Waals surface area contributed by atoms with Gasteiger partial charge >= 0.3 is 0 Å². The van der Waals surface area contributed by atoms with Gasteiger partial charge in [-0.15, -0.1) is 0 Å². The van der Waals surface area contributed by atoms with E-state index in [4.69, 9.17) is 11.6 Å². The van der Waals surface area contributed by atoms with Gasteiger partial charge in [-0.2, -0.15) is 0 Å². The number of nitrogens with one attached hydrogen (secondary N) is 1. The zero-order valence-corrected chi connectivity index (χ0v) is 14.1. The molecule has 0 saturated heterocycles. The molecule has 0 aromatic heterocycles. The molecule has 0 heterocycles. The lowest BCUT2D eigenvalue weighted by Crippen LogP contribution is -2.26. The van der Waals surface area contributed by atoms with Crippen LogP contribution in [0.5, 0.6) is 0 Å². The van der Waals surface area contributed by atoms with Gasteiger partial charge in [0, 0.05) is 11.1 Å². The zero-order valence-electron chi connectivity index (χ0n) is 13.4. The molecule has 1 N–H and O–H groups in total. The predicted molar refractivity (Wildman–Crippen MR) is 90.8 cm³/mol. The van der Waals surface area contributed by atoms with Gasteiger partial charge in [0.2, 0.25) is 0 Å². The first-order valence-corrected chi connectivity index (χ1v) is 9.04. The third kappa shape index (κ3) is 3.46. The van der Waals surface area contributed by atoms with Crippen LogP contribution in [-0.2, 0) is 0 Å². The number of aryl methyl sites for hydroxylation is 1. The van der Waals surface area contributed by atoms with Gasteiger partial charge in [-0.05, 0) is 80.5 Å². The van der Waals surface area contributed by atoms with Crippen LogP contribution in [0, 0.1) is 24.7 Å². The van der Waals surface area contributed by atoms with E-state index < -0.39 is 0 Å². The van der Waals surface area contributed by atoms with Gasteiger partial charge in [0.25, 0.3) is 0 Å². The fraction of sp³-hybridized carbons (Fsp3) is 0.684. The van der Waals surface area contributed by atoms with Crippen LogP contribution in [0.2, 0.25) is 5.02 Å². The Labute approximate surface area is 134 Å². The Balaban J connectivity index is 1.72. The highest BCUT2D eigenvalue weighted by Crippen LogP contribution is 2.51. The average molecular weight is 306 g/mol. The Morgan fingerprint density at radius 2 is 2.14 bits per heavy atom. The Bertz CT molecular complexity index is 484. The quantitative estimate of drug-likeness (QED) is 0.730. The molecule has 0 spiro atoms. The van der Waals surface area contributed by atoms with Crippen molar-refractivity contribution in [3.63, 3.8) is 0 Å². The number of benzene rings is 1. The molecule has 3 rings (SSSR count). The number of halogens is 1. The van der Waals surface area contributed by atoms with E-state index in [1.54, 1.807) is 0 Å². The summed E-state index contributed by atoms with van der Waals surface area (Å²) >= 11 is 6.19. The van der Waals surface area contributed by atoms with Crippen LogP contribution >= 0.6 is 11.6 Å². The molecule has 1 aromatic carbocycles. The minimum absolute atomic E-state index is 0.505. The van der Waals surface area contributed by atoms with Crippen LogP contribution in [0.3, 0.4) is 0 Å². The minimum Gasteiger partial charge on any atom is -0.310 e. The highest BCUT2D eigenvalue weighted by atomic mass is 35.5. The van der Waals surface area contributed by atoms with Crippen molar-refractivity contribution in [3.05, 3.63) is 34.3 Å². The fourth-order valence-corrected chi connectivity index (χ4v) is 4.63. The van der Waals surface area contributed by atoms with Crippen LogP contribution < -0.4 is 5.32 Å². The van der Waals surface area contributed by atoms with E-state index >= 15 is 0 Å². The molecule has 2 aliphatic rings. The van der Waals surface area contributed by atoms with E-state index in [2.05, 4.69) is 37.4 Å². The van der Waals surface area contributed by atoms with Crippen molar-refractivity contribution in [2.75, 3.05) is 6.54 Å². The molecule has 116 valence electrons. The molecule has 2 bridgehead atoms. The second-order valence-corrected chi connectivity index (χ2v) is 7.59. The van der Waals surface area contributed by atoms with E-state index in [0.717, 1.165) is 29.3 Å². The van der Waals surface area contributed by atoms with E-state index in [1.165, 1.54) is 49.7 Å². The Kier molecular flexibility index (Phi) is 4.91. The van der Waals surface area contributed by atoms with Gasteiger partial charge in [0.05, 0.1) is 0 Å². The summed E-state index contributed by atoms with van der Waals surface area (Å²) in [5.74, 6) is 2.99. The van der Waals surface area contributed by atoms with Crippen molar-refractivity contribution < 1.29 is 0 Å². The number of hydrogen-bond acceptors (Lipinski definition) is 1. The third-order valence-corrected chi connectivity index (χ3v) is 6.07. The van der Waals surface area contributed by atoms with Crippen LogP contribution in [-0.4, -0.2) is 6.54 Å². The molecule has 1 nitrogen and oxygen atoms in total. The summed E-state index contributed by atoms with van der Waals surface area (Å²) in [6, 6.07) is 7.07. The summed E-state index contributed by atoms with van der Waals surface area (Å²) in [6.07, 6.45) is 8.46. The topological polar surface area (TPSA) is 12.0 Å². The molecule has 0 aliphatic heterocycles. The molecule has 2 fully saturated rings. The molecule has 4 atom stereocenters. The lowest BCUT2D eigenvalue weighted by molar-refractivity contribution is 0.279. The van der Waals surface area contributed by atoms with Gasteiger partial charge < -0.3 is 5.32 Å². The van der Waals surface area contributed by atoms with Gasteiger partial charge in [-0.3, -0.25) is 0 Å². The average Bonchev–Trinajstić information content (AvgIpc) is 3.09. The predicted octanol–water partition coefficient (Wildman–Crippen LogP) is 5.52. The molecule has 0 radical (unpaired) electrons. The van der Waals surface area contributed by atoms with Crippen molar-refractivity contribution in [3.8, 4) is 0 Å². The molecule has 21 heavy (non-hydrogen) atoms. The Hall–Kier alpha value is -0.530. The standard InChI is InChI=1S/C19H28ClN/c1-3-8-21-19(16-6-7-18(20)13(2)9-16)12-17-11-14-4-5-15(17)10-14/h6-7,9,14-15,17,19,21H,3-5,8,10-12H2,1-2H3. The summed E-state index contributed by atoms with van der Waals surface area (Å²) in [5, 5.41) is 4.66. The van der Waals surface area contributed by atoms with Crippen LogP contribution in [0.1, 0.15) is 62.6 Å². The normalized spacial score (nSPS) is 29.0. The van der Waals surface area contributed by atoms with Crippen molar-refractivity contribution >= 4 is 11.6 Å². The number of hydrogen-bond donors (Lipinski definition) is 1. The minimum atomic E-state index is 0.505. The SMILES string of the molecule is CCCNC(CC1CC2CCC1C2)c1ccc(Cl)c(C)c1. The van der Waals surface area contributed by atoms with Gasteiger partial charge in [0.15, 0.2) is 0 Å². The first-order chi connectivity index (χ1) is 10.2. The monoisotopic (exact) mass is 305 g/mol. The summed E-state index contributed by atoms with van der Waals surface area (Å²) in [5.41, 5.74) is 2.62. The second-order valence-electron chi connectivity index (χ2n) is 7.19. The molecule has 4 unspecified atom stereocenters. The number of fused-ring (bicyclic) bond motifs is 2. The van der Waals surface area contributed by atoms with Crippen LogP contribution in [0.15, 0.2) is 18.2 Å². The molecular weight excluding hydrogens is 278 g/mol. The summed E-state index contributed by atoms with van der Waals surface area (Å²) in [4.78, 5) is 0. The lowest BCUT2D eigenvalue weighted by Gasteiger charge is -2.28. The summed E-state index contributed by atoms with van der Waals surface area (Å²) < 4.78 is 0. The lowest BCUT2D eigenvalue weighted by atomic mass is 9.82. The highest BCUT2D eigenvalue weighted by molar-refractivity contribution is 6.31. The first kappa shape index (κ1) is 15.4. The van der Waals surface area contributed by atoms with Crippen molar-refractivity contribution in [1.82, 2.24) is 5.32 Å². The summed E-state index contributed by atoms with van der Waals surface area (Å²) in [6.45, 7) is 5.46. The zero-order chi connectivity index (χ0) is 14.8. The second kappa shape index (κ2) is 6.71. The van der Waals surface area contributed by atoms with E-state index in [-0.39, 0.29) is 0 Å². The van der Waals surface area contributed by atoms with Crippen LogP contribution in [0.25, 0.3) is 0 Å². The molecule has 0 amide bonds. The highest BCUT2D eigenvalue weighted by Gasteiger charge is 2.40. The maximum absolute atomic E-state index is 6.19. The van der Waals surface area contributed by atoms with Gasteiger partial charge in [-0.25, -0.2) is 0 Å². The molecule has 2 heteroatoms. The van der Waals surface area contributed by atoms with Gasteiger partial charge in [-0.1, -0.05) is 37.1 Å². The Morgan fingerprint density at radius 1 is 1.29 bits per heavy atom. The van der Waals surface area contributed by atoms with Crippen molar-refractivity contribution in [2.45, 2.75) is 58.4 Å². The van der Waals surface area contributed by atoms with E-state index in [0.29, 0.717) is 6.04 Å². The van der Waals surface area contributed by atoms with Crippen molar-refractivity contribution in [1.29, 1.82) is 0 Å². The third-order valence-electron chi connectivity index (χ3n) is 5.65. The first-order valence-electron chi connectivity index (χ1n) is 8.66. The molecule has 2 aliphatic carbocycles. The molecule has 2 saturated carbocycles. The smallest absolute Gasteiger partial charge is 0.0435 e. The van der Waals surface area contributed by atoms with Gasteiger partial charge in [0.1, 0.15) is 0 Å². The summed E-state index contributed by atoms with van der Waals surface area (Å²) in [7, 11) is 0. The Morgan fingerprint density at radius 3 is 2.76 bits per heavy atom. The maximum Gasteiger partial charge on any atom is 0.0435 e. The van der Waals surface area contributed by atoms with E-state index in [9.17, 15) is 0 Å². The van der Waals surface area contributed by atoms with Crippen LogP contribution in [0.4, 0.5) is 0 Å². The maximum atomic E-state index is 6.19. The van der Waals surface area contributed by atoms with E-state index in [1.807, 2.05) is 0 Å². The molecule has 1 aromatic rings. The van der Waals surface area contributed by atoms with Crippen molar-refractivity contribution in [2.24, 2.45) is 17.8 Å². The number of rotatable bonds is 6. The molecular formula is C19H28ClN.